The molecule has 2 heteroatoms. The highest BCUT2D eigenvalue weighted by molar-refractivity contribution is 5.84. The summed E-state index contributed by atoms with van der Waals surface area (Å²) in [5, 5.41) is 1.20. The molecule has 18 heavy (non-hydrogen) atoms. The number of aromatic nitrogens is 2. The summed E-state index contributed by atoms with van der Waals surface area (Å²) in [6.07, 6.45) is 6.64. The highest BCUT2D eigenvalue weighted by Gasteiger charge is 2.01. The van der Waals surface area contributed by atoms with Crippen LogP contribution in [0.15, 0.2) is 55.0 Å². The van der Waals surface area contributed by atoms with Gasteiger partial charge in [-0.25, -0.2) is 0 Å². The van der Waals surface area contributed by atoms with Gasteiger partial charge in [-0.1, -0.05) is 25.1 Å². The van der Waals surface area contributed by atoms with E-state index in [0.717, 1.165) is 23.1 Å². The molecule has 0 aliphatic heterocycles. The van der Waals surface area contributed by atoms with Crippen LogP contribution in [-0.2, 0) is 6.42 Å². The Hall–Kier alpha value is -2.22. The summed E-state index contributed by atoms with van der Waals surface area (Å²) in [6.45, 7) is 2.15. The quantitative estimate of drug-likeness (QED) is 0.673. The SMILES string of the molecule is CCc1cnc2cc(-c3cccnc3)ccc2c1. The van der Waals surface area contributed by atoms with Crippen LogP contribution in [0.1, 0.15) is 12.5 Å². The van der Waals surface area contributed by atoms with Crippen molar-refractivity contribution in [2.24, 2.45) is 0 Å². The summed E-state index contributed by atoms with van der Waals surface area (Å²) in [4.78, 5) is 8.67. The lowest BCUT2D eigenvalue weighted by atomic mass is 10.0. The summed E-state index contributed by atoms with van der Waals surface area (Å²) in [5.74, 6) is 0. The molecule has 0 spiro atoms. The van der Waals surface area contributed by atoms with E-state index in [2.05, 4.69) is 47.2 Å². The van der Waals surface area contributed by atoms with Gasteiger partial charge in [-0.2, -0.15) is 0 Å². The molecule has 0 saturated heterocycles. The Morgan fingerprint density at radius 3 is 2.72 bits per heavy atom. The van der Waals surface area contributed by atoms with Gasteiger partial charge in [-0.15, -0.1) is 0 Å². The first-order chi connectivity index (χ1) is 8.86. The third kappa shape index (κ3) is 1.97. The minimum absolute atomic E-state index is 1.02. The summed E-state index contributed by atoms with van der Waals surface area (Å²) < 4.78 is 0. The minimum Gasteiger partial charge on any atom is -0.264 e. The third-order valence-corrected chi connectivity index (χ3v) is 3.14. The van der Waals surface area contributed by atoms with E-state index in [4.69, 9.17) is 0 Å². The van der Waals surface area contributed by atoms with Crippen LogP contribution in [-0.4, -0.2) is 9.97 Å². The van der Waals surface area contributed by atoms with Gasteiger partial charge in [0.15, 0.2) is 0 Å². The molecule has 3 rings (SSSR count). The van der Waals surface area contributed by atoms with Crippen molar-refractivity contribution in [3.8, 4) is 11.1 Å². The van der Waals surface area contributed by atoms with Gasteiger partial charge in [0.05, 0.1) is 5.52 Å². The molecule has 1 aromatic carbocycles. The molecule has 0 bridgehead atoms. The molecule has 0 atom stereocenters. The van der Waals surface area contributed by atoms with Gasteiger partial charge in [-0.05, 0) is 35.7 Å². The average molecular weight is 234 g/mol. The zero-order valence-corrected chi connectivity index (χ0v) is 10.3. The maximum absolute atomic E-state index is 4.52. The van der Waals surface area contributed by atoms with Crippen molar-refractivity contribution in [1.29, 1.82) is 0 Å². The molecule has 0 aliphatic carbocycles. The highest BCUT2D eigenvalue weighted by Crippen LogP contribution is 2.23. The smallest absolute Gasteiger partial charge is 0.0708 e. The zero-order chi connectivity index (χ0) is 12.4. The lowest BCUT2D eigenvalue weighted by Gasteiger charge is -2.04. The van der Waals surface area contributed by atoms with E-state index in [-0.39, 0.29) is 0 Å². The summed E-state index contributed by atoms with van der Waals surface area (Å²) in [5.41, 5.74) is 4.60. The number of nitrogens with zero attached hydrogens (tertiary/aromatic N) is 2. The van der Waals surface area contributed by atoms with Gasteiger partial charge in [0.25, 0.3) is 0 Å². The topological polar surface area (TPSA) is 25.8 Å². The van der Waals surface area contributed by atoms with Crippen molar-refractivity contribution >= 4 is 10.9 Å². The van der Waals surface area contributed by atoms with Crippen molar-refractivity contribution in [3.05, 3.63) is 60.6 Å². The van der Waals surface area contributed by atoms with Crippen LogP contribution in [0.2, 0.25) is 0 Å². The molecule has 0 N–H and O–H groups in total. The van der Waals surface area contributed by atoms with E-state index < -0.39 is 0 Å². The van der Waals surface area contributed by atoms with Crippen molar-refractivity contribution < 1.29 is 0 Å². The molecule has 0 radical (unpaired) electrons. The molecule has 0 unspecified atom stereocenters. The molecule has 0 aliphatic rings. The van der Waals surface area contributed by atoms with Gasteiger partial charge in [0.2, 0.25) is 0 Å². The van der Waals surface area contributed by atoms with E-state index >= 15 is 0 Å². The van der Waals surface area contributed by atoms with Crippen LogP contribution in [0, 0.1) is 0 Å². The van der Waals surface area contributed by atoms with E-state index in [1.54, 1.807) is 6.20 Å². The standard InChI is InChI=1S/C16H14N2/c1-2-12-8-14-6-5-13(9-16(14)18-10-12)15-4-3-7-17-11-15/h3-11H,2H2,1H3. The molecule has 2 aromatic heterocycles. The van der Waals surface area contributed by atoms with Gasteiger partial charge >= 0.3 is 0 Å². The second kappa shape index (κ2) is 4.57. The van der Waals surface area contributed by atoms with Gasteiger partial charge in [-0.3, -0.25) is 9.97 Å². The lowest BCUT2D eigenvalue weighted by Crippen LogP contribution is -1.86. The van der Waals surface area contributed by atoms with Gasteiger partial charge in [0.1, 0.15) is 0 Å². The largest absolute Gasteiger partial charge is 0.264 e. The number of benzene rings is 1. The summed E-state index contributed by atoms with van der Waals surface area (Å²) in [7, 11) is 0. The van der Waals surface area contributed by atoms with E-state index in [1.165, 1.54) is 10.9 Å². The molecular weight excluding hydrogens is 220 g/mol. The summed E-state index contributed by atoms with van der Waals surface area (Å²) in [6, 6.07) is 12.6. The number of fused-ring (bicyclic) bond motifs is 1. The van der Waals surface area contributed by atoms with Crippen LogP contribution in [0.25, 0.3) is 22.0 Å². The fourth-order valence-corrected chi connectivity index (χ4v) is 2.07. The first-order valence-electron chi connectivity index (χ1n) is 6.16. The molecule has 88 valence electrons. The number of aryl methyl sites for hydroxylation is 1. The molecular formula is C16H14N2. The Morgan fingerprint density at radius 2 is 1.94 bits per heavy atom. The van der Waals surface area contributed by atoms with Gasteiger partial charge < -0.3 is 0 Å². The zero-order valence-electron chi connectivity index (χ0n) is 10.3. The van der Waals surface area contributed by atoms with Crippen LogP contribution in [0.5, 0.6) is 0 Å². The van der Waals surface area contributed by atoms with Crippen molar-refractivity contribution in [2.45, 2.75) is 13.3 Å². The van der Waals surface area contributed by atoms with E-state index in [9.17, 15) is 0 Å². The normalized spacial score (nSPS) is 10.7. The number of rotatable bonds is 2. The minimum atomic E-state index is 1.02. The summed E-state index contributed by atoms with van der Waals surface area (Å²) >= 11 is 0. The molecule has 0 amide bonds. The van der Waals surface area contributed by atoms with Crippen molar-refractivity contribution in [3.63, 3.8) is 0 Å². The molecule has 3 aromatic rings. The molecule has 0 fully saturated rings. The monoisotopic (exact) mass is 234 g/mol. The molecule has 2 nitrogen and oxygen atoms in total. The number of pyridine rings is 2. The highest BCUT2D eigenvalue weighted by atomic mass is 14.7. The van der Waals surface area contributed by atoms with Crippen LogP contribution in [0.4, 0.5) is 0 Å². The Labute approximate surface area is 106 Å². The lowest BCUT2D eigenvalue weighted by molar-refractivity contribution is 1.12. The number of hydrogen-bond acceptors (Lipinski definition) is 2. The Kier molecular flexibility index (Phi) is 2.77. The fraction of sp³-hybridized carbons (Fsp3) is 0.125. The van der Waals surface area contributed by atoms with E-state index in [0.29, 0.717) is 0 Å². The predicted octanol–water partition coefficient (Wildman–Crippen LogP) is 3.86. The van der Waals surface area contributed by atoms with Gasteiger partial charge in [0, 0.05) is 29.5 Å². The first kappa shape index (κ1) is 10.9. The van der Waals surface area contributed by atoms with Crippen LogP contribution >= 0.6 is 0 Å². The second-order valence-corrected chi connectivity index (χ2v) is 4.35. The van der Waals surface area contributed by atoms with Crippen molar-refractivity contribution in [2.75, 3.05) is 0 Å². The number of hydrogen-bond donors (Lipinski definition) is 0. The van der Waals surface area contributed by atoms with E-state index in [1.807, 2.05) is 18.5 Å². The molecule has 2 heterocycles. The third-order valence-electron chi connectivity index (χ3n) is 3.14. The first-order valence-corrected chi connectivity index (χ1v) is 6.16. The Morgan fingerprint density at radius 1 is 1.00 bits per heavy atom. The Balaban J connectivity index is 2.12. The average Bonchev–Trinajstić information content (AvgIpc) is 2.47. The maximum Gasteiger partial charge on any atom is 0.0708 e. The Bertz CT molecular complexity index is 675. The van der Waals surface area contributed by atoms with Crippen molar-refractivity contribution in [1.82, 2.24) is 9.97 Å². The maximum atomic E-state index is 4.52. The molecule has 0 saturated carbocycles. The fourth-order valence-electron chi connectivity index (χ4n) is 2.07. The predicted molar refractivity (Wildman–Crippen MR) is 74.4 cm³/mol. The second-order valence-electron chi connectivity index (χ2n) is 4.35. The van der Waals surface area contributed by atoms with Crippen LogP contribution < -0.4 is 0 Å². The van der Waals surface area contributed by atoms with Crippen LogP contribution in [0.3, 0.4) is 0 Å².